The van der Waals surface area contributed by atoms with Crippen molar-refractivity contribution in [2.45, 2.75) is 33.0 Å². The highest BCUT2D eigenvalue weighted by Gasteiger charge is 2.36. The molecular formula is C14H16O4. The molecule has 0 fully saturated rings. The number of allylic oxidation sites excluding steroid dienone is 1. The van der Waals surface area contributed by atoms with Gasteiger partial charge in [-0.1, -0.05) is 18.2 Å². The number of carbonyl (C=O) groups is 1. The molecule has 0 unspecified atom stereocenters. The smallest absolute Gasteiger partial charge is 0.349 e. The van der Waals surface area contributed by atoms with E-state index in [1.807, 2.05) is 6.92 Å². The summed E-state index contributed by atoms with van der Waals surface area (Å²) in [5, 5.41) is 10.1. The maximum Gasteiger partial charge on any atom is 0.349 e. The van der Waals surface area contributed by atoms with E-state index in [0.717, 1.165) is 5.57 Å². The first-order chi connectivity index (χ1) is 8.30. The number of ether oxygens (including phenoxy) is 2. The average Bonchev–Trinajstić information content (AvgIpc) is 2.19. The largest absolute Gasteiger partial charge is 0.507 e. The van der Waals surface area contributed by atoms with Crippen molar-refractivity contribution in [1.29, 1.82) is 0 Å². The van der Waals surface area contributed by atoms with Crippen molar-refractivity contribution < 1.29 is 19.4 Å². The van der Waals surface area contributed by atoms with Gasteiger partial charge in [-0.2, -0.15) is 0 Å². The Morgan fingerprint density at radius 1 is 1.39 bits per heavy atom. The Hall–Kier alpha value is -1.97. The zero-order valence-electron chi connectivity index (χ0n) is 10.7. The third-order valence-electron chi connectivity index (χ3n) is 2.61. The molecule has 1 aliphatic rings. The zero-order chi connectivity index (χ0) is 13.5. The number of rotatable bonds is 2. The first-order valence-electron chi connectivity index (χ1n) is 5.72. The summed E-state index contributed by atoms with van der Waals surface area (Å²) in [7, 11) is 0. The van der Waals surface area contributed by atoms with Crippen molar-refractivity contribution in [3.8, 4) is 11.5 Å². The lowest BCUT2D eigenvalue weighted by Crippen LogP contribution is -2.38. The predicted octanol–water partition coefficient (Wildman–Crippen LogP) is 2.80. The first-order valence-corrected chi connectivity index (χ1v) is 5.72. The third-order valence-corrected chi connectivity index (χ3v) is 2.61. The minimum Gasteiger partial charge on any atom is -0.507 e. The number of aromatic hydroxyl groups is 1. The number of cyclic esters (lactones) is 1. The molecule has 0 aliphatic carbocycles. The van der Waals surface area contributed by atoms with Gasteiger partial charge in [-0.15, -0.1) is 0 Å². The summed E-state index contributed by atoms with van der Waals surface area (Å²) >= 11 is 0. The summed E-state index contributed by atoms with van der Waals surface area (Å²) < 4.78 is 10.6. The van der Waals surface area contributed by atoms with E-state index < -0.39 is 11.8 Å². The molecule has 0 saturated carbocycles. The van der Waals surface area contributed by atoms with Crippen molar-refractivity contribution in [3.63, 3.8) is 0 Å². The van der Waals surface area contributed by atoms with Gasteiger partial charge in [-0.3, -0.25) is 0 Å². The van der Waals surface area contributed by atoms with E-state index in [0.29, 0.717) is 17.7 Å². The van der Waals surface area contributed by atoms with Gasteiger partial charge < -0.3 is 14.6 Å². The van der Waals surface area contributed by atoms with Gasteiger partial charge in [0.15, 0.2) is 0 Å². The highest BCUT2D eigenvalue weighted by Crippen LogP contribution is 2.38. The molecule has 1 heterocycles. The second-order valence-electron chi connectivity index (χ2n) is 4.97. The molecule has 1 aromatic rings. The Bertz CT molecular complexity index is 529. The lowest BCUT2D eigenvalue weighted by atomic mass is 10.0. The number of hydrogen-bond donors (Lipinski definition) is 1. The van der Waals surface area contributed by atoms with Gasteiger partial charge in [0.2, 0.25) is 5.79 Å². The van der Waals surface area contributed by atoms with Crippen molar-refractivity contribution >= 4 is 5.97 Å². The topological polar surface area (TPSA) is 55.8 Å². The van der Waals surface area contributed by atoms with Crippen molar-refractivity contribution in [1.82, 2.24) is 0 Å². The molecule has 0 bridgehead atoms. The Kier molecular flexibility index (Phi) is 2.81. The summed E-state index contributed by atoms with van der Waals surface area (Å²) in [5.74, 6) is -1.32. The first kappa shape index (κ1) is 12.5. The zero-order valence-corrected chi connectivity index (χ0v) is 10.7. The van der Waals surface area contributed by atoms with Gasteiger partial charge >= 0.3 is 5.97 Å². The standard InChI is InChI=1S/C14H16O4/c1-8(2)7-9-5-6-10-11(12(9)15)13(16)18-14(3,4)17-10/h5-6,15H,1,7H2,2-4H3. The maximum absolute atomic E-state index is 11.9. The molecule has 2 rings (SSSR count). The Morgan fingerprint density at radius 3 is 2.67 bits per heavy atom. The molecule has 18 heavy (non-hydrogen) atoms. The fraction of sp³-hybridized carbons (Fsp3) is 0.357. The van der Waals surface area contributed by atoms with Crippen LogP contribution in [-0.4, -0.2) is 16.9 Å². The number of carbonyl (C=O) groups excluding carboxylic acids is 1. The van der Waals surface area contributed by atoms with Crippen LogP contribution in [0.2, 0.25) is 0 Å². The number of phenols is 1. The Morgan fingerprint density at radius 2 is 2.06 bits per heavy atom. The van der Waals surface area contributed by atoms with Crippen LogP contribution in [0.1, 0.15) is 36.7 Å². The molecule has 0 amide bonds. The molecule has 1 aliphatic heterocycles. The second kappa shape index (κ2) is 4.05. The third kappa shape index (κ3) is 2.18. The van der Waals surface area contributed by atoms with Crippen LogP contribution >= 0.6 is 0 Å². The Labute approximate surface area is 106 Å². The summed E-state index contributed by atoms with van der Waals surface area (Å²) in [6, 6.07) is 3.41. The summed E-state index contributed by atoms with van der Waals surface area (Å²) in [4.78, 5) is 11.9. The van der Waals surface area contributed by atoms with E-state index in [2.05, 4.69) is 6.58 Å². The second-order valence-corrected chi connectivity index (χ2v) is 4.97. The van der Waals surface area contributed by atoms with E-state index in [9.17, 15) is 9.90 Å². The molecule has 4 nitrogen and oxygen atoms in total. The van der Waals surface area contributed by atoms with Crippen LogP contribution in [0.25, 0.3) is 0 Å². The van der Waals surface area contributed by atoms with E-state index in [4.69, 9.17) is 9.47 Å². The van der Waals surface area contributed by atoms with Gasteiger partial charge in [-0.25, -0.2) is 4.79 Å². The van der Waals surface area contributed by atoms with Gasteiger partial charge in [0.25, 0.3) is 0 Å². The number of esters is 1. The van der Waals surface area contributed by atoms with Gasteiger partial charge in [0.1, 0.15) is 17.1 Å². The molecule has 0 saturated heterocycles. The minimum atomic E-state index is -1.01. The van der Waals surface area contributed by atoms with Gasteiger partial charge in [-0.05, 0) is 25.0 Å². The normalized spacial score (nSPS) is 16.5. The highest BCUT2D eigenvalue weighted by atomic mass is 16.7. The Balaban J connectivity index is 2.49. The number of fused-ring (bicyclic) bond motifs is 1. The molecular weight excluding hydrogens is 232 g/mol. The lowest BCUT2D eigenvalue weighted by molar-refractivity contribution is -0.127. The average molecular weight is 248 g/mol. The maximum atomic E-state index is 11.9. The number of benzene rings is 1. The molecule has 0 aromatic heterocycles. The predicted molar refractivity (Wildman–Crippen MR) is 66.7 cm³/mol. The molecule has 0 spiro atoms. The number of phenolic OH excluding ortho intramolecular Hbond substituents is 1. The van der Waals surface area contributed by atoms with E-state index in [1.165, 1.54) is 0 Å². The van der Waals surface area contributed by atoms with Gasteiger partial charge in [0.05, 0.1) is 0 Å². The van der Waals surface area contributed by atoms with Crippen LogP contribution < -0.4 is 4.74 Å². The van der Waals surface area contributed by atoms with E-state index >= 15 is 0 Å². The van der Waals surface area contributed by atoms with Crippen LogP contribution in [-0.2, 0) is 11.2 Å². The van der Waals surface area contributed by atoms with Crippen LogP contribution in [0.3, 0.4) is 0 Å². The molecule has 0 radical (unpaired) electrons. The molecule has 1 N–H and O–H groups in total. The molecule has 96 valence electrons. The fourth-order valence-corrected chi connectivity index (χ4v) is 1.93. The minimum absolute atomic E-state index is 0.0870. The molecule has 1 aromatic carbocycles. The highest BCUT2D eigenvalue weighted by molar-refractivity contribution is 5.97. The van der Waals surface area contributed by atoms with E-state index in [-0.39, 0.29) is 11.3 Å². The van der Waals surface area contributed by atoms with Crippen LogP contribution in [0.15, 0.2) is 24.3 Å². The molecule has 4 heteroatoms. The summed E-state index contributed by atoms with van der Waals surface area (Å²) in [6.45, 7) is 8.94. The monoisotopic (exact) mass is 248 g/mol. The van der Waals surface area contributed by atoms with Crippen molar-refractivity contribution in [3.05, 3.63) is 35.4 Å². The van der Waals surface area contributed by atoms with Crippen LogP contribution in [0, 0.1) is 0 Å². The molecule has 0 atom stereocenters. The van der Waals surface area contributed by atoms with E-state index in [1.54, 1.807) is 26.0 Å². The summed E-state index contributed by atoms with van der Waals surface area (Å²) in [5.41, 5.74) is 1.63. The van der Waals surface area contributed by atoms with Crippen molar-refractivity contribution in [2.24, 2.45) is 0 Å². The van der Waals surface area contributed by atoms with Crippen molar-refractivity contribution in [2.75, 3.05) is 0 Å². The van der Waals surface area contributed by atoms with Gasteiger partial charge in [0, 0.05) is 13.8 Å². The quantitative estimate of drug-likeness (QED) is 0.646. The lowest BCUT2D eigenvalue weighted by Gasteiger charge is -2.32. The summed E-state index contributed by atoms with van der Waals surface area (Å²) in [6.07, 6.45) is 0.510. The fourth-order valence-electron chi connectivity index (χ4n) is 1.93. The number of hydrogen-bond acceptors (Lipinski definition) is 4. The SMILES string of the molecule is C=C(C)Cc1ccc2c(c1O)C(=O)OC(C)(C)O2. The van der Waals surface area contributed by atoms with Crippen LogP contribution in [0.5, 0.6) is 11.5 Å². The van der Waals surface area contributed by atoms with Crippen LogP contribution in [0.4, 0.5) is 0 Å².